The van der Waals surface area contributed by atoms with Crippen LogP contribution in [0.3, 0.4) is 0 Å². The Bertz CT molecular complexity index is 1880. The van der Waals surface area contributed by atoms with E-state index in [1.165, 1.54) is 24.3 Å². The van der Waals surface area contributed by atoms with Crippen LogP contribution in [0.2, 0.25) is 0 Å². The number of unbranched alkanes of at least 4 members (excludes halogenated alkanes) is 6. The van der Waals surface area contributed by atoms with Crippen molar-refractivity contribution in [2.45, 2.75) is 65.2 Å². The molecule has 10 nitrogen and oxygen atoms in total. The van der Waals surface area contributed by atoms with Crippen LogP contribution in [0.25, 0.3) is 33.6 Å². The van der Waals surface area contributed by atoms with E-state index >= 15 is 0 Å². The van der Waals surface area contributed by atoms with Gasteiger partial charge in [0.05, 0.1) is 32.4 Å². The van der Waals surface area contributed by atoms with Crippen LogP contribution >= 0.6 is 0 Å². The van der Waals surface area contributed by atoms with Crippen molar-refractivity contribution in [1.29, 1.82) is 0 Å². The number of amides is 2. The van der Waals surface area contributed by atoms with Crippen molar-refractivity contribution >= 4 is 34.6 Å². The molecule has 0 radical (unpaired) electrons. The van der Waals surface area contributed by atoms with E-state index < -0.39 is 9.85 Å². The zero-order valence-corrected chi connectivity index (χ0v) is 29.5. The highest BCUT2D eigenvalue weighted by molar-refractivity contribution is 6.30. The van der Waals surface area contributed by atoms with Crippen molar-refractivity contribution in [1.82, 2.24) is 9.80 Å². The van der Waals surface area contributed by atoms with Crippen LogP contribution in [0.1, 0.15) is 76.3 Å². The lowest BCUT2D eigenvalue weighted by molar-refractivity contribution is -0.385. The number of rotatable bonds is 16. The van der Waals surface area contributed by atoms with Crippen molar-refractivity contribution in [3.63, 3.8) is 0 Å². The van der Waals surface area contributed by atoms with E-state index in [0.29, 0.717) is 35.6 Å². The third kappa shape index (κ3) is 7.28. The average molecular weight is 699 g/mol. The number of nitrogens with zero attached hydrogens (tertiary/aromatic N) is 4. The second-order valence-corrected chi connectivity index (χ2v) is 13.2. The summed E-state index contributed by atoms with van der Waals surface area (Å²) in [5.74, 6) is -0.361. The summed E-state index contributed by atoms with van der Waals surface area (Å²) in [5.41, 5.74) is 7.01. The predicted octanol–water partition coefficient (Wildman–Crippen LogP) is 9.80. The molecule has 2 aliphatic heterocycles. The third-order valence-corrected chi connectivity index (χ3v) is 9.79. The number of nitro groups is 2. The molecule has 266 valence electrons. The van der Waals surface area contributed by atoms with Crippen LogP contribution in [0, 0.1) is 20.2 Å². The fraction of sp³-hybridized carbons (Fsp3) is 0.286. The quantitative estimate of drug-likeness (QED) is 0.0651. The molecule has 0 bridgehead atoms. The van der Waals surface area contributed by atoms with Gasteiger partial charge in [0.1, 0.15) is 0 Å². The monoisotopic (exact) mass is 698 g/mol. The van der Waals surface area contributed by atoms with Gasteiger partial charge in [-0.1, -0.05) is 101 Å². The maximum absolute atomic E-state index is 14.6. The molecular weight excluding hydrogens is 656 g/mol. The maximum Gasteiger partial charge on any atom is 0.269 e. The van der Waals surface area contributed by atoms with Crippen LogP contribution < -0.4 is 0 Å². The summed E-state index contributed by atoms with van der Waals surface area (Å²) in [6.45, 7) is 5.26. The Balaban J connectivity index is 1.43. The van der Waals surface area contributed by atoms with Crippen molar-refractivity contribution in [3.8, 4) is 22.3 Å². The average Bonchev–Trinajstić information content (AvgIpc) is 3.61. The fourth-order valence-corrected chi connectivity index (χ4v) is 7.01. The SMILES string of the molecule is CCCCCCN1C(=O)C2=C(c3ccc(-c4ccc([N+](=O)[O-])cc4)cc3)N(CCCCCC)C(=O)C2=C1c1ccc(-c2ccc([N+](=O)[O-])cc2)cc1. The van der Waals surface area contributed by atoms with E-state index in [4.69, 9.17) is 0 Å². The molecule has 10 heteroatoms. The Kier molecular flexibility index (Phi) is 11.0. The highest BCUT2D eigenvalue weighted by Crippen LogP contribution is 2.47. The molecule has 0 unspecified atom stereocenters. The topological polar surface area (TPSA) is 127 Å². The van der Waals surface area contributed by atoms with E-state index in [1.807, 2.05) is 48.5 Å². The molecule has 4 aromatic carbocycles. The van der Waals surface area contributed by atoms with Gasteiger partial charge in [-0.3, -0.25) is 29.8 Å². The molecule has 6 rings (SSSR count). The molecule has 0 saturated carbocycles. The standard InChI is InChI=1S/C42H42N4O6/c1-3-5-7-9-27-43-39(33-15-11-29(12-16-33)31-19-23-35(24-20-31)45(49)50)37-38(41(43)47)40(44(42(37)48)28-10-8-6-4-2)34-17-13-30(14-18-34)32-21-25-36(26-22-32)46(51)52/h11-26H,3-10,27-28H2,1-2H3. The molecule has 0 N–H and O–H groups in total. The fourth-order valence-electron chi connectivity index (χ4n) is 7.01. The molecule has 52 heavy (non-hydrogen) atoms. The van der Waals surface area contributed by atoms with E-state index in [0.717, 1.165) is 84.7 Å². The number of carbonyl (C=O) groups is 2. The van der Waals surface area contributed by atoms with E-state index in [-0.39, 0.29) is 23.2 Å². The molecule has 0 saturated heterocycles. The predicted molar refractivity (Wildman–Crippen MR) is 203 cm³/mol. The molecular formula is C42H42N4O6. The van der Waals surface area contributed by atoms with Crippen LogP contribution in [0.5, 0.6) is 0 Å². The van der Waals surface area contributed by atoms with Crippen LogP contribution in [-0.4, -0.2) is 44.6 Å². The van der Waals surface area contributed by atoms with Gasteiger partial charge < -0.3 is 9.80 Å². The van der Waals surface area contributed by atoms with Gasteiger partial charge in [-0.05, 0) is 70.5 Å². The number of hydrogen-bond donors (Lipinski definition) is 0. The summed E-state index contributed by atoms with van der Waals surface area (Å²) in [5, 5.41) is 22.3. The highest BCUT2D eigenvalue weighted by Gasteiger charge is 2.48. The van der Waals surface area contributed by atoms with E-state index in [9.17, 15) is 29.8 Å². The minimum absolute atomic E-state index is 0.0191. The third-order valence-electron chi connectivity index (χ3n) is 9.79. The number of benzene rings is 4. The minimum atomic E-state index is -0.425. The summed E-state index contributed by atoms with van der Waals surface area (Å²) < 4.78 is 0. The Morgan fingerprint density at radius 2 is 0.731 bits per heavy atom. The first-order valence-corrected chi connectivity index (χ1v) is 18.1. The minimum Gasteiger partial charge on any atom is -0.307 e. The maximum atomic E-state index is 14.6. The van der Waals surface area contributed by atoms with E-state index in [2.05, 4.69) is 13.8 Å². The number of carbonyl (C=O) groups excluding carboxylic acids is 2. The molecule has 2 amide bonds. The number of non-ortho nitro benzene ring substituents is 2. The second kappa shape index (κ2) is 16.0. The molecule has 2 heterocycles. The smallest absolute Gasteiger partial charge is 0.269 e. The zero-order valence-electron chi connectivity index (χ0n) is 29.5. The summed E-state index contributed by atoms with van der Waals surface area (Å²) in [6, 6.07) is 28.1. The summed E-state index contributed by atoms with van der Waals surface area (Å²) in [7, 11) is 0. The highest BCUT2D eigenvalue weighted by atomic mass is 16.6. The van der Waals surface area contributed by atoms with Gasteiger partial charge >= 0.3 is 0 Å². The molecule has 2 aliphatic rings. The van der Waals surface area contributed by atoms with Crippen molar-refractivity contribution in [3.05, 3.63) is 140 Å². The summed E-state index contributed by atoms with van der Waals surface area (Å²) in [6.07, 6.45) is 7.77. The molecule has 0 atom stereocenters. The van der Waals surface area contributed by atoms with Crippen molar-refractivity contribution in [2.24, 2.45) is 0 Å². The van der Waals surface area contributed by atoms with Crippen LogP contribution in [-0.2, 0) is 9.59 Å². The van der Waals surface area contributed by atoms with Gasteiger partial charge in [-0.15, -0.1) is 0 Å². The van der Waals surface area contributed by atoms with Crippen LogP contribution in [0.4, 0.5) is 11.4 Å². The van der Waals surface area contributed by atoms with E-state index in [1.54, 1.807) is 34.1 Å². The second-order valence-electron chi connectivity index (χ2n) is 13.2. The number of hydrogen-bond acceptors (Lipinski definition) is 6. The summed E-state index contributed by atoms with van der Waals surface area (Å²) >= 11 is 0. The van der Waals surface area contributed by atoms with Gasteiger partial charge in [-0.2, -0.15) is 0 Å². The Morgan fingerprint density at radius 3 is 1.02 bits per heavy atom. The van der Waals surface area contributed by atoms with Crippen molar-refractivity contribution in [2.75, 3.05) is 13.1 Å². The largest absolute Gasteiger partial charge is 0.307 e. The summed E-state index contributed by atoms with van der Waals surface area (Å²) in [4.78, 5) is 54.2. The Labute approximate surface area is 303 Å². The first kappa shape index (κ1) is 35.9. The number of fused-ring (bicyclic) bond motifs is 1. The lowest BCUT2D eigenvalue weighted by atomic mass is 9.98. The Morgan fingerprint density at radius 1 is 0.442 bits per heavy atom. The van der Waals surface area contributed by atoms with Gasteiger partial charge in [0.25, 0.3) is 23.2 Å². The van der Waals surface area contributed by atoms with Gasteiger partial charge in [-0.25, -0.2) is 0 Å². The van der Waals surface area contributed by atoms with Crippen LogP contribution in [0.15, 0.2) is 108 Å². The lowest BCUT2D eigenvalue weighted by Gasteiger charge is -2.25. The molecule has 0 spiro atoms. The normalized spacial score (nSPS) is 14.1. The first-order chi connectivity index (χ1) is 25.2. The first-order valence-electron chi connectivity index (χ1n) is 18.1. The Hall–Kier alpha value is -5.90. The zero-order chi connectivity index (χ0) is 36.8. The molecule has 0 fully saturated rings. The molecule has 0 aromatic heterocycles. The van der Waals surface area contributed by atoms with Crippen molar-refractivity contribution < 1.29 is 19.4 Å². The molecule has 4 aromatic rings. The lowest BCUT2D eigenvalue weighted by Crippen LogP contribution is -2.31. The van der Waals surface area contributed by atoms with Gasteiger partial charge in [0, 0.05) is 37.4 Å². The van der Waals surface area contributed by atoms with Gasteiger partial charge in [0.2, 0.25) is 0 Å². The number of nitro benzene ring substituents is 2. The van der Waals surface area contributed by atoms with Gasteiger partial charge in [0.15, 0.2) is 0 Å². The molecule has 0 aliphatic carbocycles.